The molecule has 1 aliphatic heterocycles. The molecule has 0 unspecified atom stereocenters. The normalized spacial score (nSPS) is 14.3. The number of rotatable bonds is 4. The van der Waals surface area contributed by atoms with Gasteiger partial charge in [-0.25, -0.2) is 8.42 Å². The minimum Gasteiger partial charge on any atom is -0.495 e. The van der Waals surface area contributed by atoms with Crippen LogP contribution in [-0.2, 0) is 10.0 Å². The Morgan fingerprint density at radius 2 is 1.96 bits per heavy atom. The summed E-state index contributed by atoms with van der Waals surface area (Å²) < 4.78 is 38.4. The lowest BCUT2D eigenvalue weighted by Gasteiger charge is -2.14. The van der Waals surface area contributed by atoms with Gasteiger partial charge in [-0.1, -0.05) is 12.1 Å². The quantitative estimate of drug-likeness (QED) is 0.899. The van der Waals surface area contributed by atoms with E-state index in [0.29, 0.717) is 24.5 Å². The molecule has 0 saturated heterocycles. The lowest BCUT2D eigenvalue weighted by Crippen LogP contribution is -2.27. The molecule has 25 heavy (non-hydrogen) atoms. The van der Waals surface area contributed by atoms with Gasteiger partial charge in [-0.15, -0.1) is 0 Å². The van der Waals surface area contributed by atoms with Gasteiger partial charge in [-0.3, -0.25) is 9.52 Å². The van der Waals surface area contributed by atoms with Gasteiger partial charge in [0.05, 0.1) is 19.2 Å². The zero-order valence-corrected chi connectivity index (χ0v) is 14.7. The van der Waals surface area contributed by atoms with Crippen LogP contribution in [-0.4, -0.2) is 46.5 Å². The molecule has 8 heteroatoms. The number of amides is 1. The minimum absolute atomic E-state index is 0.0205. The second kappa shape index (κ2) is 6.64. The number of likely N-dealkylation sites (N-methyl/N-ethyl adjacent to an activating group) is 1. The first-order valence-corrected chi connectivity index (χ1v) is 9.09. The zero-order valence-electron chi connectivity index (χ0n) is 13.9. The highest BCUT2D eigenvalue weighted by atomic mass is 32.2. The van der Waals surface area contributed by atoms with E-state index in [-0.39, 0.29) is 22.2 Å². The molecule has 0 saturated carbocycles. The molecule has 1 N–H and O–H groups in total. The van der Waals surface area contributed by atoms with Crippen LogP contribution in [0.5, 0.6) is 11.5 Å². The number of benzene rings is 2. The second-order valence-electron chi connectivity index (χ2n) is 5.54. The van der Waals surface area contributed by atoms with Gasteiger partial charge in [-0.2, -0.15) is 0 Å². The molecule has 0 aliphatic carbocycles. The molecule has 0 spiro atoms. The maximum Gasteiger partial charge on any atom is 0.265 e. The topological polar surface area (TPSA) is 84.9 Å². The van der Waals surface area contributed by atoms with Crippen molar-refractivity contribution < 1.29 is 22.7 Å². The van der Waals surface area contributed by atoms with Crippen molar-refractivity contribution in [3.05, 3.63) is 48.0 Å². The smallest absolute Gasteiger partial charge is 0.265 e. The number of carbonyl (C=O) groups is 1. The van der Waals surface area contributed by atoms with E-state index < -0.39 is 10.0 Å². The average Bonchev–Trinajstić information content (AvgIpc) is 2.74. The summed E-state index contributed by atoms with van der Waals surface area (Å²) in [5, 5.41) is 0. The Kier molecular flexibility index (Phi) is 4.54. The highest BCUT2D eigenvalue weighted by molar-refractivity contribution is 7.92. The summed E-state index contributed by atoms with van der Waals surface area (Å²) in [5.74, 6) is 0.462. The van der Waals surface area contributed by atoms with E-state index in [4.69, 9.17) is 9.47 Å². The predicted octanol–water partition coefficient (Wildman–Crippen LogP) is 1.96. The molecular weight excluding hydrogens is 344 g/mol. The van der Waals surface area contributed by atoms with Crippen LogP contribution in [0.25, 0.3) is 0 Å². The molecule has 0 atom stereocenters. The summed E-state index contributed by atoms with van der Waals surface area (Å²) >= 11 is 0. The van der Waals surface area contributed by atoms with E-state index in [0.717, 1.165) is 0 Å². The molecule has 132 valence electrons. The summed E-state index contributed by atoms with van der Waals surface area (Å²) in [4.78, 5) is 13.9. The number of carbonyl (C=O) groups excluding carboxylic acids is 1. The number of ether oxygens (including phenoxy) is 2. The maximum atomic E-state index is 12.6. The lowest BCUT2D eigenvalue weighted by atomic mass is 10.1. The first kappa shape index (κ1) is 17.1. The van der Waals surface area contributed by atoms with E-state index in [1.807, 2.05) is 0 Å². The molecule has 1 heterocycles. The summed E-state index contributed by atoms with van der Waals surface area (Å²) in [6.45, 7) is 0.858. The Bertz CT molecular complexity index is 911. The fourth-order valence-electron chi connectivity index (χ4n) is 2.54. The van der Waals surface area contributed by atoms with E-state index in [9.17, 15) is 13.2 Å². The zero-order chi connectivity index (χ0) is 18.0. The van der Waals surface area contributed by atoms with E-state index in [1.54, 1.807) is 37.4 Å². The van der Waals surface area contributed by atoms with Crippen LogP contribution in [0.2, 0.25) is 0 Å². The first-order chi connectivity index (χ1) is 11.9. The number of para-hydroxylation sites is 1. The maximum absolute atomic E-state index is 12.6. The van der Waals surface area contributed by atoms with E-state index in [2.05, 4.69) is 4.72 Å². The Balaban J connectivity index is 1.96. The van der Waals surface area contributed by atoms with Crippen molar-refractivity contribution in [1.82, 2.24) is 4.90 Å². The van der Waals surface area contributed by atoms with Gasteiger partial charge in [-0.05, 0) is 30.3 Å². The number of fused-ring (bicyclic) bond motifs is 1. The minimum atomic E-state index is -3.86. The molecule has 0 aromatic heterocycles. The van der Waals surface area contributed by atoms with Crippen LogP contribution in [0.1, 0.15) is 10.4 Å². The van der Waals surface area contributed by atoms with Crippen LogP contribution in [0, 0.1) is 0 Å². The van der Waals surface area contributed by atoms with Crippen molar-refractivity contribution in [2.45, 2.75) is 4.90 Å². The number of hydrogen-bond donors (Lipinski definition) is 1. The largest absolute Gasteiger partial charge is 0.495 e. The fourth-order valence-corrected chi connectivity index (χ4v) is 3.76. The van der Waals surface area contributed by atoms with Crippen molar-refractivity contribution >= 4 is 21.6 Å². The molecule has 0 bridgehead atoms. The number of methoxy groups -OCH3 is 1. The molecule has 7 nitrogen and oxygen atoms in total. The van der Waals surface area contributed by atoms with E-state index >= 15 is 0 Å². The van der Waals surface area contributed by atoms with Crippen LogP contribution in [0.4, 0.5) is 5.69 Å². The van der Waals surface area contributed by atoms with Gasteiger partial charge < -0.3 is 14.4 Å². The lowest BCUT2D eigenvalue weighted by molar-refractivity contribution is 0.0796. The second-order valence-corrected chi connectivity index (χ2v) is 7.19. The van der Waals surface area contributed by atoms with Crippen LogP contribution < -0.4 is 14.2 Å². The van der Waals surface area contributed by atoms with Gasteiger partial charge in [0.25, 0.3) is 15.9 Å². The molecule has 2 aromatic carbocycles. The third-order valence-electron chi connectivity index (χ3n) is 3.85. The summed E-state index contributed by atoms with van der Waals surface area (Å²) in [5.41, 5.74) is 0.595. The summed E-state index contributed by atoms with van der Waals surface area (Å²) in [7, 11) is -0.785. The van der Waals surface area contributed by atoms with Gasteiger partial charge in [0.2, 0.25) is 0 Å². The molecule has 1 aliphatic rings. The van der Waals surface area contributed by atoms with E-state index in [1.165, 1.54) is 24.1 Å². The molecule has 2 aromatic rings. The van der Waals surface area contributed by atoms with Crippen molar-refractivity contribution in [3.63, 3.8) is 0 Å². The average molecular weight is 362 g/mol. The molecule has 0 fully saturated rings. The number of sulfonamides is 1. The van der Waals surface area contributed by atoms with Gasteiger partial charge in [0.1, 0.15) is 23.0 Å². The molecule has 1 amide bonds. The third-order valence-corrected chi connectivity index (χ3v) is 5.27. The first-order valence-electron chi connectivity index (χ1n) is 7.60. The monoisotopic (exact) mass is 362 g/mol. The van der Waals surface area contributed by atoms with Gasteiger partial charge in [0, 0.05) is 12.7 Å². The van der Waals surface area contributed by atoms with Crippen LogP contribution in [0.3, 0.4) is 0 Å². The SMILES string of the molecule is COc1ccccc1S(=O)(=O)Nc1ccc2c(c1)C(=O)N(C)CCO2. The van der Waals surface area contributed by atoms with Gasteiger partial charge >= 0.3 is 0 Å². The molecule has 3 rings (SSSR count). The third kappa shape index (κ3) is 3.39. The number of nitrogens with one attached hydrogen (secondary N) is 1. The van der Waals surface area contributed by atoms with Crippen molar-refractivity contribution in [3.8, 4) is 11.5 Å². The number of anilines is 1. The Morgan fingerprint density at radius 1 is 1.20 bits per heavy atom. The van der Waals surface area contributed by atoms with Crippen molar-refractivity contribution in [1.29, 1.82) is 0 Å². The Hall–Kier alpha value is -2.74. The van der Waals surface area contributed by atoms with Crippen LogP contribution in [0.15, 0.2) is 47.4 Å². The fraction of sp³-hybridized carbons (Fsp3) is 0.235. The number of nitrogens with zero attached hydrogens (tertiary/aromatic N) is 1. The molecule has 0 radical (unpaired) electrons. The molecular formula is C17H18N2O5S. The Morgan fingerprint density at radius 3 is 2.72 bits per heavy atom. The number of hydrogen-bond acceptors (Lipinski definition) is 5. The summed E-state index contributed by atoms with van der Waals surface area (Å²) in [6, 6.07) is 10.9. The Labute approximate surface area is 146 Å². The standard InChI is InChI=1S/C17H18N2O5S/c1-19-9-10-24-14-8-7-12(11-13(14)17(19)20)18-25(21,22)16-6-4-3-5-15(16)23-2/h3-8,11,18H,9-10H2,1-2H3. The highest BCUT2D eigenvalue weighted by Gasteiger charge is 2.23. The summed E-state index contributed by atoms with van der Waals surface area (Å²) in [6.07, 6.45) is 0. The van der Waals surface area contributed by atoms with Crippen LogP contribution >= 0.6 is 0 Å². The van der Waals surface area contributed by atoms with Crippen molar-refractivity contribution in [2.75, 3.05) is 32.0 Å². The van der Waals surface area contributed by atoms with Crippen molar-refractivity contribution in [2.24, 2.45) is 0 Å². The predicted molar refractivity (Wildman–Crippen MR) is 92.7 cm³/mol. The van der Waals surface area contributed by atoms with Gasteiger partial charge in [0.15, 0.2) is 0 Å². The highest BCUT2D eigenvalue weighted by Crippen LogP contribution is 2.29.